The SMILES string of the molecule is COCCOCCn1c(=S)[nH]c2c(F)cc(F)cc21. The molecule has 1 aromatic carbocycles. The third-order valence-corrected chi connectivity index (χ3v) is 3.02. The fraction of sp³-hybridized carbons (Fsp3) is 0.417. The smallest absolute Gasteiger partial charge is 0.178 e. The average Bonchev–Trinajstić information content (AvgIpc) is 2.67. The first-order chi connectivity index (χ1) is 9.13. The van der Waals surface area contributed by atoms with Gasteiger partial charge >= 0.3 is 0 Å². The Hall–Kier alpha value is -1.31. The first-order valence-electron chi connectivity index (χ1n) is 5.77. The van der Waals surface area contributed by atoms with Gasteiger partial charge in [-0.3, -0.25) is 0 Å². The molecule has 0 saturated carbocycles. The minimum absolute atomic E-state index is 0.211. The summed E-state index contributed by atoms with van der Waals surface area (Å²) in [6.07, 6.45) is 0. The van der Waals surface area contributed by atoms with Crippen LogP contribution in [0.4, 0.5) is 8.78 Å². The molecular weight excluding hydrogens is 274 g/mol. The van der Waals surface area contributed by atoms with Crippen LogP contribution in [0.3, 0.4) is 0 Å². The molecule has 2 aromatic rings. The molecule has 0 aliphatic heterocycles. The zero-order valence-corrected chi connectivity index (χ0v) is 11.2. The van der Waals surface area contributed by atoms with Crippen molar-refractivity contribution in [1.82, 2.24) is 9.55 Å². The predicted octanol–water partition coefficient (Wildman–Crippen LogP) is 2.64. The maximum absolute atomic E-state index is 13.6. The van der Waals surface area contributed by atoms with Crippen LogP contribution in [0, 0.1) is 16.4 Å². The van der Waals surface area contributed by atoms with Crippen molar-refractivity contribution in [2.45, 2.75) is 6.54 Å². The number of fused-ring (bicyclic) bond motifs is 1. The summed E-state index contributed by atoms with van der Waals surface area (Å²) in [6.45, 7) is 1.78. The number of aromatic nitrogens is 2. The van der Waals surface area contributed by atoms with Crippen LogP contribution in [-0.4, -0.2) is 36.5 Å². The topological polar surface area (TPSA) is 39.2 Å². The number of benzene rings is 1. The molecule has 2 rings (SSSR count). The van der Waals surface area contributed by atoms with Crippen LogP contribution in [0.2, 0.25) is 0 Å². The lowest BCUT2D eigenvalue weighted by Gasteiger charge is -2.06. The van der Waals surface area contributed by atoms with Crippen LogP contribution in [0.25, 0.3) is 11.0 Å². The van der Waals surface area contributed by atoms with Crippen molar-refractivity contribution in [2.24, 2.45) is 0 Å². The van der Waals surface area contributed by atoms with E-state index in [1.807, 2.05) is 0 Å². The summed E-state index contributed by atoms with van der Waals surface area (Å²) in [7, 11) is 1.59. The van der Waals surface area contributed by atoms with E-state index in [0.717, 1.165) is 6.07 Å². The minimum atomic E-state index is -0.653. The van der Waals surface area contributed by atoms with E-state index in [0.29, 0.717) is 36.7 Å². The first-order valence-corrected chi connectivity index (χ1v) is 6.18. The van der Waals surface area contributed by atoms with Gasteiger partial charge in [-0.05, 0) is 18.3 Å². The van der Waals surface area contributed by atoms with Crippen molar-refractivity contribution in [2.75, 3.05) is 26.9 Å². The molecule has 0 fully saturated rings. The van der Waals surface area contributed by atoms with E-state index >= 15 is 0 Å². The molecular formula is C12H14F2N2O2S. The highest BCUT2D eigenvalue weighted by Crippen LogP contribution is 2.19. The summed E-state index contributed by atoms with van der Waals surface area (Å²) >= 11 is 5.09. The number of nitrogens with zero attached hydrogens (tertiary/aromatic N) is 1. The summed E-state index contributed by atoms with van der Waals surface area (Å²) in [5, 5.41) is 0. The number of ether oxygens (including phenoxy) is 2. The van der Waals surface area contributed by atoms with E-state index in [-0.39, 0.29) is 5.52 Å². The Morgan fingerprint density at radius 1 is 1.26 bits per heavy atom. The highest BCUT2D eigenvalue weighted by atomic mass is 32.1. The zero-order valence-electron chi connectivity index (χ0n) is 10.4. The molecule has 0 unspecified atom stereocenters. The van der Waals surface area contributed by atoms with Gasteiger partial charge in [0.05, 0.1) is 25.3 Å². The molecule has 0 atom stereocenters. The van der Waals surface area contributed by atoms with Gasteiger partial charge in [-0.15, -0.1) is 0 Å². The average molecular weight is 288 g/mol. The third-order valence-electron chi connectivity index (χ3n) is 2.69. The number of methoxy groups -OCH3 is 1. The van der Waals surface area contributed by atoms with Gasteiger partial charge in [0.2, 0.25) is 0 Å². The molecule has 1 heterocycles. The fourth-order valence-corrected chi connectivity index (χ4v) is 2.09. The molecule has 0 aliphatic rings. The molecule has 0 amide bonds. The number of halogens is 2. The Morgan fingerprint density at radius 3 is 2.79 bits per heavy atom. The van der Waals surface area contributed by atoms with E-state index in [1.54, 1.807) is 11.7 Å². The number of nitrogens with one attached hydrogen (secondary N) is 1. The molecule has 104 valence electrons. The summed E-state index contributed by atoms with van der Waals surface area (Å²) in [6, 6.07) is 2.08. The summed E-state index contributed by atoms with van der Waals surface area (Å²) < 4.78 is 38.9. The molecule has 1 aromatic heterocycles. The highest BCUT2D eigenvalue weighted by molar-refractivity contribution is 7.71. The van der Waals surface area contributed by atoms with E-state index in [9.17, 15) is 8.78 Å². The summed E-state index contributed by atoms with van der Waals surface area (Å²) in [5.41, 5.74) is 0.612. The lowest BCUT2D eigenvalue weighted by molar-refractivity contribution is 0.0668. The maximum atomic E-state index is 13.6. The predicted molar refractivity (Wildman–Crippen MR) is 69.7 cm³/mol. The first kappa shape index (κ1) is 14.1. The van der Waals surface area contributed by atoms with Gasteiger partial charge in [-0.1, -0.05) is 0 Å². The number of rotatable bonds is 6. The van der Waals surface area contributed by atoms with E-state index in [1.165, 1.54) is 6.07 Å². The normalized spacial score (nSPS) is 11.3. The number of aromatic amines is 1. The van der Waals surface area contributed by atoms with E-state index < -0.39 is 11.6 Å². The second-order valence-corrected chi connectivity index (χ2v) is 4.36. The van der Waals surface area contributed by atoms with Crippen molar-refractivity contribution in [3.05, 3.63) is 28.5 Å². The lowest BCUT2D eigenvalue weighted by Crippen LogP contribution is -2.09. The Balaban J connectivity index is 2.18. The molecule has 0 saturated heterocycles. The van der Waals surface area contributed by atoms with Crippen LogP contribution >= 0.6 is 12.2 Å². The van der Waals surface area contributed by atoms with Gasteiger partial charge in [-0.25, -0.2) is 8.78 Å². The molecule has 0 radical (unpaired) electrons. The Labute approximate surface area is 113 Å². The van der Waals surface area contributed by atoms with Crippen molar-refractivity contribution >= 4 is 23.3 Å². The second kappa shape index (κ2) is 6.23. The molecule has 1 N–H and O–H groups in total. The van der Waals surface area contributed by atoms with Gasteiger partial charge in [-0.2, -0.15) is 0 Å². The summed E-state index contributed by atoms with van der Waals surface area (Å²) in [5.74, 6) is -1.28. The summed E-state index contributed by atoms with van der Waals surface area (Å²) in [4.78, 5) is 2.73. The molecule has 7 heteroatoms. The molecule has 0 spiro atoms. The van der Waals surface area contributed by atoms with E-state index in [2.05, 4.69) is 4.98 Å². The van der Waals surface area contributed by atoms with Crippen molar-refractivity contribution in [1.29, 1.82) is 0 Å². The van der Waals surface area contributed by atoms with Gasteiger partial charge in [0, 0.05) is 19.7 Å². The minimum Gasteiger partial charge on any atom is -0.382 e. The molecule has 19 heavy (non-hydrogen) atoms. The molecule has 0 bridgehead atoms. The lowest BCUT2D eigenvalue weighted by atomic mass is 10.3. The van der Waals surface area contributed by atoms with Crippen molar-refractivity contribution in [3.8, 4) is 0 Å². The maximum Gasteiger partial charge on any atom is 0.178 e. The number of H-pyrrole nitrogens is 1. The van der Waals surface area contributed by atoms with Gasteiger partial charge in [0.1, 0.15) is 11.3 Å². The van der Waals surface area contributed by atoms with Crippen molar-refractivity contribution in [3.63, 3.8) is 0 Å². The Bertz CT molecular complexity index is 624. The van der Waals surface area contributed by atoms with Crippen LogP contribution in [0.15, 0.2) is 12.1 Å². The van der Waals surface area contributed by atoms with Crippen LogP contribution in [-0.2, 0) is 16.0 Å². The van der Waals surface area contributed by atoms with Crippen LogP contribution < -0.4 is 0 Å². The fourth-order valence-electron chi connectivity index (χ4n) is 1.80. The molecule has 4 nitrogen and oxygen atoms in total. The quantitative estimate of drug-likeness (QED) is 0.656. The van der Waals surface area contributed by atoms with E-state index in [4.69, 9.17) is 21.7 Å². The number of hydrogen-bond donors (Lipinski definition) is 1. The second-order valence-electron chi connectivity index (χ2n) is 3.97. The van der Waals surface area contributed by atoms with Crippen LogP contribution in [0.5, 0.6) is 0 Å². The number of imidazole rings is 1. The standard InChI is InChI=1S/C12H14F2N2O2S/c1-17-4-5-18-3-2-16-10-7-8(13)6-9(14)11(10)15-12(16)19/h6-7H,2-5H2,1H3,(H,15,19). The largest absolute Gasteiger partial charge is 0.382 e. The number of hydrogen-bond acceptors (Lipinski definition) is 3. The third kappa shape index (κ3) is 3.17. The highest BCUT2D eigenvalue weighted by Gasteiger charge is 2.10. The van der Waals surface area contributed by atoms with Crippen molar-refractivity contribution < 1.29 is 18.3 Å². The molecule has 0 aliphatic carbocycles. The van der Waals surface area contributed by atoms with Gasteiger partial charge < -0.3 is 19.0 Å². The Morgan fingerprint density at radius 2 is 2.05 bits per heavy atom. The van der Waals surface area contributed by atoms with Gasteiger partial charge in [0.25, 0.3) is 0 Å². The Kier molecular flexibility index (Phi) is 4.62. The zero-order chi connectivity index (χ0) is 13.8. The monoisotopic (exact) mass is 288 g/mol. The van der Waals surface area contributed by atoms with Gasteiger partial charge in [0.15, 0.2) is 10.6 Å². The van der Waals surface area contributed by atoms with Crippen LogP contribution in [0.1, 0.15) is 0 Å².